The number of para-hydroxylation sites is 1. The third-order valence-corrected chi connectivity index (χ3v) is 3.23. The minimum Gasteiger partial charge on any atom is -0.302 e. The summed E-state index contributed by atoms with van der Waals surface area (Å²) in [4.78, 5) is 10.7. The standard InChI is InChI=1S/C15H14N4O2/c20-19(21)15-9-5-4-8-13(15)10-18-11-14(16-17-18)12-6-2-1-3-7-12/h1-9,11,16-17H,10H2. The van der Waals surface area contributed by atoms with E-state index in [9.17, 15) is 10.1 Å². The lowest BCUT2D eigenvalue weighted by atomic mass is 10.1. The van der Waals surface area contributed by atoms with E-state index in [-0.39, 0.29) is 10.6 Å². The molecule has 2 aromatic rings. The maximum Gasteiger partial charge on any atom is 0.274 e. The summed E-state index contributed by atoms with van der Waals surface area (Å²) in [5, 5.41) is 12.8. The number of hydrazine groups is 2. The van der Waals surface area contributed by atoms with E-state index in [4.69, 9.17) is 0 Å². The number of nitro groups is 1. The van der Waals surface area contributed by atoms with Gasteiger partial charge < -0.3 is 5.43 Å². The third-order valence-electron chi connectivity index (χ3n) is 3.23. The molecule has 2 N–H and O–H groups in total. The van der Waals surface area contributed by atoms with Crippen LogP contribution in [0.2, 0.25) is 0 Å². The van der Waals surface area contributed by atoms with Gasteiger partial charge in [0.15, 0.2) is 0 Å². The lowest BCUT2D eigenvalue weighted by molar-refractivity contribution is -0.385. The SMILES string of the molecule is O=[N+]([O-])c1ccccc1CN1C=C(c2ccccc2)NN1. The van der Waals surface area contributed by atoms with Gasteiger partial charge in [-0.15, -0.1) is 5.53 Å². The number of rotatable bonds is 4. The van der Waals surface area contributed by atoms with Crippen LogP contribution in [0.3, 0.4) is 0 Å². The fraction of sp³-hybridized carbons (Fsp3) is 0.0667. The summed E-state index contributed by atoms with van der Waals surface area (Å²) in [6.45, 7) is 0.403. The molecule has 2 aromatic carbocycles. The smallest absolute Gasteiger partial charge is 0.274 e. The molecule has 3 rings (SSSR count). The average Bonchev–Trinajstić information content (AvgIpc) is 2.97. The van der Waals surface area contributed by atoms with E-state index in [1.54, 1.807) is 23.2 Å². The molecule has 1 heterocycles. The predicted octanol–water partition coefficient (Wildman–Crippen LogP) is 2.42. The lowest BCUT2D eigenvalue weighted by Crippen LogP contribution is -2.35. The minimum absolute atomic E-state index is 0.126. The first-order chi connectivity index (χ1) is 10.2. The molecule has 0 amide bonds. The summed E-state index contributed by atoms with van der Waals surface area (Å²) < 4.78 is 0. The highest BCUT2D eigenvalue weighted by Gasteiger charge is 2.18. The molecule has 106 valence electrons. The van der Waals surface area contributed by atoms with Crippen molar-refractivity contribution >= 4 is 11.4 Å². The second-order valence-corrected chi connectivity index (χ2v) is 4.66. The lowest BCUT2D eigenvalue weighted by Gasteiger charge is -2.14. The fourth-order valence-corrected chi connectivity index (χ4v) is 2.21. The van der Waals surface area contributed by atoms with Crippen LogP contribution in [0, 0.1) is 10.1 Å². The van der Waals surface area contributed by atoms with Gasteiger partial charge in [0, 0.05) is 17.8 Å². The average molecular weight is 282 g/mol. The van der Waals surface area contributed by atoms with Crippen LogP contribution < -0.4 is 11.0 Å². The first-order valence-corrected chi connectivity index (χ1v) is 6.52. The van der Waals surface area contributed by atoms with Gasteiger partial charge in [-0.2, -0.15) is 0 Å². The molecule has 0 atom stereocenters. The zero-order valence-electron chi connectivity index (χ0n) is 11.2. The van der Waals surface area contributed by atoms with Gasteiger partial charge in [0.25, 0.3) is 5.69 Å². The molecule has 21 heavy (non-hydrogen) atoms. The summed E-state index contributed by atoms with van der Waals surface area (Å²) in [7, 11) is 0. The molecule has 0 saturated carbocycles. The van der Waals surface area contributed by atoms with Crippen molar-refractivity contribution in [2.45, 2.75) is 6.54 Å². The normalized spacial score (nSPS) is 13.7. The molecule has 0 unspecified atom stereocenters. The first kappa shape index (κ1) is 13.1. The van der Waals surface area contributed by atoms with Crippen molar-refractivity contribution in [2.24, 2.45) is 0 Å². The summed E-state index contributed by atoms with van der Waals surface area (Å²) in [5.74, 6) is 0. The monoisotopic (exact) mass is 282 g/mol. The number of nitrogens with zero attached hydrogens (tertiary/aromatic N) is 2. The number of hydrogen-bond donors (Lipinski definition) is 2. The van der Waals surface area contributed by atoms with E-state index >= 15 is 0 Å². The zero-order valence-corrected chi connectivity index (χ0v) is 11.2. The summed E-state index contributed by atoms with van der Waals surface area (Å²) in [5.41, 5.74) is 8.80. The van der Waals surface area contributed by atoms with E-state index in [1.165, 1.54) is 6.07 Å². The molecule has 0 saturated heterocycles. The molecule has 0 spiro atoms. The van der Waals surface area contributed by atoms with Crippen molar-refractivity contribution in [1.82, 2.24) is 16.0 Å². The Kier molecular flexibility index (Phi) is 3.53. The molecular formula is C15H14N4O2. The Morgan fingerprint density at radius 2 is 1.76 bits per heavy atom. The molecule has 6 nitrogen and oxygen atoms in total. The van der Waals surface area contributed by atoms with E-state index in [2.05, 4.69) is 11.0 Å². The molecular weight excluding hydrogens is 268 g/mol. The van der Waals surface area contributed by atoms with Gasteiger partial charge >= 0.3 is 0 Å². The number of nitro benzene ring substituents is 1. The third kappa shape index (κ3) is 2.85. The molecule has 6 heteroatoms. The molecule has 0 aromatic heterocycles. The van der Waals surface area contributed by atoms with Crippen LogP contribution in [-0.4, -0.2) is 9.93 Å². The Morgan fingerprint density at radius 1 is 1.05 bits per heavy atom. The van der Waals surface area contributed by atoms with Gasteiger partial charge in [-0.3, -0.25) is 15.1 Å². The zero-order chi connectivity index (χ0) is 14.7. The maximum absolute atomic E-state index is 11.0. The highest BCUT2D eigenvalue weighted by Crippen LogP contribution is 2.21. The highest BCUT2D eigenvalue weighted by atomic mass is 16.6. The van der Waals surface area contributed by atoms with Crippen LogP contribution in [0.25, 0.3) is 5.70 Å². The molecule has 0 bridgehead atoms. The van der Waals surface area contributed by atoms with Crippen LogP contribution in [0.5, 0.6) is 0 Å². The number of nitrogens with one attached hydrogen (secondary N) is 2. The van der Waals surface area contributed by atoms with Crippen molar-refractivity contribution in [3.8, 4) is 0 Å². The minimum atomic E-state index is -0.360. The predicted molar refractivity (Wildman–Crippen MR) is 79.3 cm³/mol. The largest absolute Gasteiger partial charge is 0.302 e. The molecule has 0 aliphatic carbocycles. The number of hydrogen-bond acceptors (Lipinski definition) is 5. The van der Waals surface area contributed by atoms with E-state index in [1.807, 2.05) is 36.5 Å². The van der Waals surface area contributed by atoms with E-state index < -0.39 is 0 Å². The van der Waals surface area contributed by atoms with Crippen molar-refractivity contribution in [1.29, 1.82) is 0 Å². The molecule has 1 aliphatic heterocycles. The van der Waals surface area contributed by atoms with E-state index in [0.29, 0.717) is 12.1 Å². The van der Waals surface area contributed by atoms with Crippen LogP contribution in [0.15, 0.2) is 60.8 Å². The molecule has 0 fully saturated rings. The topological polar surface area (TPSA) is 70.4 Å². The first-order valence-electron chi connectivity index (χ1n) is 6.52. The Hall–Kier alpha value is -2.86. The van der Waals surface area contributed by atoms with Crippen LogP contribution in [0.1, 0.15) is 11.1 Å². The highest BCUT2D eigenvalue weighted by molar-refractivity contribution is 5.64. The van der Waals surface area contributed by atoms with Crippen molar-refractivity contribution in [2.75, 3.05) is 0 Å². The van der Waals surface area contributed by atoms with Gasteiger partial charge in [0.2, 0.25) is 0 Å². The number of benzene rings is 2. The summed E-state index contributed by atoms with van der Waals surface area (Å²) in [6.07, 6.45) is 1.89. The Balaban J connectivity index is 1.79. The quantitative estimate of drug-likeness (QED) is 0.665. The molecule has 1 aliphatic rings. The van der Waals surface area contributed by atoms with Crippen molar-refractivity contribution in [3.05, 3.63) is 82.0 Å². The Morgan fingerprint density at radius 3 is 2.52 bits per heavy atom. The van der Waals surface area contributed by atoms with E-state index in [0.717, 1.165) is 11.3 Å². The Bertz CT molecular complexity index is 685. The maximum atomic E-state index is 11.0. The van der Waals surface area contributed by atoms with Gasteiger partial charge in [-0.25, -0.2) is 0 Å². The Labute approximate surface area is 121 Å². The van der Waals surface area contributed by atoms with Gasteiger partial charge in [-0.05, 0) is 0 Å². The van der Waals surface area contributed by atoms with Crippen LogP contribution >= 0.6 is 0 Å². The van der Waals surface area contributed by atoms with Crippen LogP contribution in [-0.2, 0) is 6.54 Å². The van der Waals surface area contributed by atoms with Gasteiger partial charge in [0.1, 0.15) is 0 Å². The van der Waals surface area contributed by atoms with Gasteiger partial charge in [-0.1, -0.05) is 48.5 Å². The fourth-order valence-electron chi connectivity index (χ4n) is 2.21. The molecule has 0 radical (unpaired) electrons. The second-order valence-electron chi connectivity index (χ2n) is 4.66. The second kappa shape index (κ2) is 5.64. The van der Waals surface area contributed by atoms with Crippen LogP contribution in [0.4, 0.5) is 5.69 Å². The summed E-state index contributed by atoms with van der Waals surface area (Å²) >= 11 is 0. The van der Waals surface area contributed by atoms with Gasteiger partial charge in [0.05, 0.1) is 22.7 Å². The summed E-state index contributed by atoms with van der Waals surface area (Å²) in [6, 6.07) is 16.6. The van der Waals surface area contributed by atoms with Crippen molar-refractivity contribution in [3.63, 3.8) is 0 Å². The van der Waals surface area contributed by atoms with Crippen molar-refractivity contribution < 1.29 is 4.92 Å².